The maximum atomic E-state index is 12.5. The monoisotopic (exact) mass is 564 g/mol. The van der Waals surface area contributed by atoms with Gasteiger partial charge in [-0.2, -0.15) is 13.2 Å². The lowest BCUT2D eigenvalue weighted by molar-refractivity contribution is -0.153. The molecule has 0 saturated heterocycles. The summed E-state index contributed by atoms with van der Waals surface area (Å²) < 4.78 is 47.9. The van der Waals surface area contributed by atoms with E-state index in [0.29, 0.717) is 42.0 Å². The number of aryl methyl sites for hydroxylation is 1. The topological polar surface area (TPSA) is 100 Å². The Labute approximate surface area is 200 Å². The van der Waals surface area contributed by atoms with Gasteiger partial charge in [-0.15, -0.1) is 29.1 Å². The van der Waals surface area contributed by atoms with Crippen LogP contribution in [0.5, 0.6) is 5.75 Å². The van der Waals surface area contributed by atoms with Crippen molar-refractivity contribution >= 4 is 29.9 Å². The fourth-order valence-electron chi connectivity index (χ4n) is 2.65. The first-order chi connectivity index (χ1) is 14.8. The molecule has 3 N–H and O–H groups in total. The van der Waals surface area contributed by atoms with Crippen molar-refractivity contribution in [2.45, 2.75) is 33.1 Å². The molecule has 3 rings (SSSR count). The van der Waals surface area contributed by atoms with Gasteiger partial charge in [-0.05, 0) is 37.6 Å². The smallest absolute Gasteiger partial charge is 0.422 e. The van der Waals surface area contributed by atoms with Gasteiger partial charge in [0.2, 0.25) is 5.82 Å². The van der Waals surface area contributed by atoms with Gasteiger partial charge in [0.25, 0.3) is 0 Å². The number of ether oxygens (including phenoxy) is 1. The van der Waals surface area contributed by atoms with Gasteiger partial charge >= 0.3 is 6.18 Å². The first-order valence-corrected chi connectivity index (χ1v) is 9.60. The second kappa shape index (κ2) is 11.7. The van der Waals surface area contributed by atoms with Crippen molar-refractivity contribution < 1.29 is 22.3 Å². The van der Waals surface area contributed by atoms with Crippen molar-refractivity contribution in [2.24, 2.45) is 4.99 Å². The van der Waals surface area contributed by atoms with Crippen molar-refractivity contribution in [1.82, 2.24) is 25.8 Å². The number of aromatic amines is 1. The summed E-state index contributed by atoms with van der Waals surface area (Å²) in [4.78, 5) is 8.78. The number of H-pyrrole nitrogens is 1. The van der Waals surface area contributed by atoms with Crippen LogP contribution < -0.4 is 15.4 Å². The standard InChI is InChI=1S/C20H23F3N6O2.HI/c1-3-24-19(26-11-17-27-18(29-28-17)15-5-4-8-30-15)25-10-14-7-6-13(2)9-16(14)31-12-20(21,22)23;/h4-9H,3,10-12H2,1-2H3,(H2,24,25,26)(H,27,28,29);1H. The first kappa shape index (κ1) is 25.5. The van der Waals surface area contributed by atoms with Crippen molar-refractivity contribution in [1.29, 1.82) is 0 Å². The molecule has 32 heavy (non-hydrogen) atoms. The van der Waals surface area contributed by atoms with E-state index in [-0.39, 0.29) is 36.3 Å². The van der Waals surface area contributed by atoms with E-state index >= 15 is 0 Å². The lowest BCUT2D eigenvalue weighted by atomic mass is 10.1. The molecule has 12 heteroatoms. The Hall–Kier alpha value is -2.77. The van der Waals surface area contributed by atoms with Gasteiger partial charge in [0, 0.05) is 12.1 Å². The van der Waals surface area contributed by atoms with E-state index in [1.165, 1.54) is 6.26 Å². The number of halogens is 4. The Balaban J connectivity index is 0.00000363. The van der Waals surface area contributed by atoms with E-state index in [9.17, 15) is 13.2 Å². The van der Waals surface area contributed by atoms with Crippen molar-refractivity contribution in [3.05, 3.63) is 53.5 Å². The molecule has 0 aliphatic rings. The molecular formula is C20H24F3IN6O2. The summed E-state index contributed by atoms with van der Waals surface area (Å²) in [6.07, 6.45) is -2.87. The van der Waals surface area contributed by atoms with Crippen LogP contribution in [0.25, 0.3) is 11.6 Å². The Kier molecular flexibility index (Phi) is 9.35. The summed E-state index contributed by atoms with van der Waals surface area (Å²) in [6.45, 7) is 3.39. The lowest BCUT2D eigenvalue weighted by Gasteiger charge is -2.14. The third-order valence-corrected chi connectivity index (χ3v) is 4.06. The Morgan fingerprint density at radius 1 is 1.25 bits per heavy atom. The molecule has 0 radical (unpaired) electrons. The predicted molar refractivity (Wildman–Crippen MR) is 124 cm³/mol. The average molecular weight is 564 g/mol. The zero-order chi connectivity index (χ0) is 22.3. The first-order valence-electron chi connectivity index (χ1n) is 9.60. The summed E-state index contributed by atoms with van der Waals surface area (Å²) in [7, 11) is 0. The second-order valence-electron chi connectivity index (χ2n) is 6.65. The highest BCUT2D eigenvalue weighted by atomic mass is 127. The minimum atomic E-state index is -4.41. The van der Waals surface area contributed by atoms with Crippen LogP contribution in [-0.2, 0) is 13.1 Å². The van der Waals surface area contributed by atoms with Crippen LogP contribution in [0.3, 0.4) is 0 Å². The largest absolute Gasteiger partial charge is 0.484 e. The highest BCUT2D eigenvalue weighted by Gasteiger charge is 2.28. The van der Waals surface area contributed by atoms with Gasteiger partial charge < -0.3 is 19.8 Å². The normalized spacial score (nSPS) is 11.7. The minimum absolute atomic E-state index is 0. The van der Waals surface area contributed by atoms with Gasteiger partial charge in [-0.25, -0.2) is 9.98 Å². The zero-order valence-corrected chi connectivity index (χ0v) is 19.8. The molecule has 3 aromatic rings. The maximum Gasteiger partial charge on any atom is 0.422 e. The maximum absolute atomic E-state index is 12.5. The zero-order valence-electron chi connectivity index (χ0n) is 17.5. The highest BCUT2D eigenvalue weighted by molar-refractivity contribution is 14.0. The van der Waals surface area contributed by atoms with E-state index in [4.69, 9.17) is 9.15 Å². The van der Waals surface area contributed by atoms with Crippen LogP contribution in [0, 0.1) is 6.92 Å². The van der Waals surface area contributed by atoms with Crippen molar-refractivity contribution in [2.75, 3.05) is 13.2 Å². The Morgan fingerprint density at radius 3 is 2.75 bits per heavy atom. The fraction of sp³-hybridized carbons (Fsp3) is 0.350. The SMILES string of the molecule is CCNC(=NCc1ccc(C)cc1OCC(F)(F)F)NCc1nc(-c2ccco2)n[nH]1.I. The summed E-state index contributed by atoms with van der Waals surface area (Å²) in [5.74, 6) is 2.20. The van der Waals surface area contributed by atoms with Crippen LogP contribution in [-0.4, -0.2) is 40.5 Å². The van der Waals surface area contributed by atoms with E-state index in [1.807, 2.05) is 6.92 Å². The van der Waals surface area contributed by atoms with Gasteiger partial charge in [0.15, 0.2) is 18.3 Å². The van der Waals surface area contributed by atoms with Gasteiger partial charge in [-0.3, -0.25) is 5.10 Å². The third kappa shape index (κ3) is 7.73. The number of furan rings is 1. The third-order valence-electron chi connectivity index (χ3n) is 4.06. The average Bonchev–Trinajstić information content (AvgIpc) is 3.40. The number of aromatic nitrogens is 3. The molecule has 0 aliphatic carbocycles. The van der Waals surface area contributed by atoms with E-state index in [2.05, 4.69) is 30.8 Å². The molecule has 0 amide bonds. The summed E-state index contributed by atoms with van der Waals surface area (Å²) >= 11 is 0. The summed E-state index contributed by atoms with van der Waals surface area (Å²) in [6, 6.07) is 8.58. The summed E-state index contributed by atoms with van der Waals surface area (Å²) in [5.41, 5.74) is 1.35. The fourth-order valence-corrected chi connectivity index (χ4v) is 2.65. The highest BCUT2D eigenvalue weighted by Crippen LogP contribution is 2.24. The molecular weight excluding hydrogens is 540 g/mol. The molecule has 2 heterocycles. The molecule has 0 aliphatic heterocycles. The van der Waals surface area contributed by atoms with Gasteiger partial charge in [-0.1, -0.05) is 12.1 Å². The molecule has 1 aromatic carbocycles. The Bertz CT molecular complexity index is 1010. The van der Waals surface area contributed by atoms with Crippen LogP contribution in [0.1, 0.15) is 23.9 Å². The van der Waals surface area contributed by atoms with E-state index in [1.54, 1.807) is 37.3 Å². The molecule has 2 aromatic heterocycles. The lowest BCUT2D eigenvalue weighted by Crippen LogP contribution is -2.37. The number of hydrogen-bond donors (Lipinski definition) is 3. The number of guanidine groups is 1. The minimum Gasteiger partial charge on any atom is -0.484 e. The quantitative estimate of drug-likeness (QED) is 0.216. The molecule has 0 bridgehead atoms. The van der Waals surface area contributed by atoms with Crippen LogP contribution in [0.4, 0.5) is 13.2 Å². The van der Waals surface area contributed by atoms with Crippen LogP contribution in [0.15, 0.2) is 46.0 Å². The molecule has 0 unspecified atom stereocenters. The van der Waals surface area contributed by atoms with Crippen molar-refractivity contribution in [3.63, 3.8) is 0 Å². The molecule has 8 nitrogen and oxygen atoms in total. The van der Waals surface area contributed by atoms with E-state index in [0.717, 1.165) is 5.56 Å². The van der Waals surface area contributed by atoms with Crippen molar-refractivity contribution in [3.8, 4) is 17.3 Å². The number of nitrogens with zero attached hydrogens (tertiary/aromatic N) is 3. The number of alkyl halides is 3. The number of hydrogen-bond acceptors (Lipinski definition) is 5. The molecule has 0 spiro atoms. The molecule has 0 saturated carbocycles. The number of benzene rings is 1. The predicted octanol–water partition coefficient (Wildman–Crippen LogP) is 4.19. The van der Waals surface area contributed by atoms with Gasteiger partial charge in [0.05, 0.1) is 19.4 Å². The number of aliphatic imine (C=N–C) groups is 1. The van der Waals surface area contributed by atoms with E-state index < -0.39 is 12.8 Å². The number of nitrogens with one attached hydrogen (secondary N) is 3. The summed E-state index contributed by atoms with van der Waals surface area (Å²) in [5, 5.41) is 13.1. The molecule has 0 atom stereocenters. The van der Waals surface area contributed by atoms with Crippen LogP contribution in [0.2, 0.25) is 0 Å². The molecule has 174 valence electrons. The second-order valence-corrected chi connectivity index (χ2v) is 6.65. The number of rotatable bonds is 8. The Morgan fingerprint density at radius 2 is 2.06 bits per heavy atom. The molecule has 0 fully saturated rings. The van der Waals surface area contributed by atoms with Crippen LogP contribution >= 0.6 is 24.0 Å². The van der Waals surface area contributed by atoms with Gasteiger partial charge in [0.1, 0.15) is 11.6 Å².